The molecule has 0 spiro atoms. The van der Waals surface area contributed by atoms with Crippen molar-refractivity contribution in [1.82, 2.24) is 5.32 Å². The lowest BCUT2D eigenvalue weighted by molar-refractivity contribution is -0.138. The van der Waals surface area contributed by atoms with E-state index in [9.17, 15) is 23.2 Å². The lowest BCUT2D eigenvalue weighted by Gasteiger charge is -2.33. The first-order valence-electron chi connectivity index (χ1n) is 11.7. The molecular formula is C26H25ClF2N2O4S. The third-order valence-electron chi connectivity index (χ3n) is 6.34. The largest absolute Gasteiger partial charge is 0.481 e. The summed E-state index contributed by atoms with van der Waals surface area (Å²) in [5.41, 5.74) is -0.249. The average Bonchev–Trinajstić information content (AvgIpc) is 3.18. The first-order chi connectivity index (χ1) is 17.2. The molecule has 0 aliphatic carbocycles. The number of hydrogen-bond acceptors (Lipinski definition) is 5. The standard InChI is InChI=1S/C26H25ClF2N2O4S/c27-23-17-4-1-2-6-21(17)36-25(23)26(35)30-9-3-5-20(32)16-13-18(28)24(19(29)14-16)31-10-7-15(8-11-31)12-22(33)34/h1-2,4,6,13-15H,3,5,7-12H2,(H,30,35)(H,33,34). The number of halogens is 3. The maximum absolute atomic E-state index is 14.8. The Morgan fingerprint density at radius 2 is 1.78 bits per heavy atom. The maximum atomic E-state index is 14.8. The third-order valence-corrected chi connectivity index (χ3v) is 8.01. The van der Waals surface area contributed by atoms with Crippen molar-refractivity contribution in [1.29, 1.82) is 0 Å². The number of hydrogen-bond donors (Lipinski definition) is 2. The van der Waals surface area contributed by atoms with Gasteiger partial charge in [-0.25, -0.2) is 8.78 Å². The number of fused-ring (bicyclic) bond motifs is 1. The van der Waals surface area contributed by atoms with Crippen LogP contribution in [0.5, 0.6) is 0 Å². The second kappa shape index (κ2) is 11.3. The molecule has 2 heterocycles. The molecule has 1 aliphatic rings. The number of aliphatic carboxylic acids is 1. The van der Waals surface area contributed by atoms with E-state index in [0.717, 1.165) is 22.2 Å². The number of amides is 1. The quantitative estimate of drug-likeness (QED) is 0.263. The Kier molecular flexibility index (Phi) is 8.21. The fourth-order valence-electron chi connectivity index (χ4n) is 4.47. The second-order valence-corrected chi connectivity index (χ2v) is 10.3. The molecular weight excluding hydrogens is 510 g/mol. The molecule has 4 rings (SSSR count). The van der Waals surface area contributed by atoms with Crippen molar-refractivity contribution in [3.63, 3.8) is 0 Å². The van der Waals surface area contributed by atoms with Gasteiger partial charge in [-0.3, -0.25) is 14.4 Å². The molecule has 190 valence electrons. The van der Waals surface area contributed by atoms with Crippen molar-refractivity contribution < 1.29 is 28.3 Å². The Hall–Kier alpha value is -3.04. The van der Waals surface area contributed by atoms with Crippen LogP contribution in [0.2, 0.25) is 5.02 Å². The molecule has 0 atom stereocenters. The Morgan fingerprint density at radius 1 is 1.11 bits per heavy atom. The summed E-state index contributed by atoms with van der Waals surface area (Å²) >= 11 is 7.61. The molecule has 3 aromatic rings. The van der Waals surface area contributed by atoms with Crippen LogP contribution >= 0.6 is 22.9 Å². The van der Waals surface area contributed by atoms with Crippen LogP contribution in [0.25, 0.3) is 10.1 Å². The highest BCUT2D eigenvalue weighted by Gasteiger charge is 2.26. The van der Waals surface area contributed by atoms with Gasteiger partial charge in [0.1, 0.15) is 22.2 Å². The number of nitrogens with zero attached hydrogens (tertiary/aromatic N) is 1. The number of nitrogens with one attached hydrogen (secondary N) is 1. The van der Waals surface area contributed by atoms with E-state index in [1.54, 1.807) is 4.90 Å². The predicted molar refractivity (Wildman–Crippen MR) is 136 cm³/mol. The SMILES string of the molecule is O=C(O)CC1CCN(c2c(F)cc(C(=O)CCCNC(=O)c3sc4ccccc4c3Cl)cc2F)CC1. The lowest BCUT2D eigenvalue weighted by Crippen LogP contribution is -2.35. The summed E-state index contributed by atoms with van der Waals surface area (Å²) in [5.74, 6) is -3.28. The molecule has 1 aliphatic heterocycles. The van der Waals surface area contributed by atoms with E-state index in [1.807, 2.05) is 24.3 Å². The van der Waals surface area contributed by atoms with Gasteiger partial charge in [-0.05, 0) is 43.4 Å². The molecule has 10 heteroatoms. The molecule has 0 unspecified atom stereocenters. The Balaban J connectivity index is 1.30. The number of carbonyl (C=O) groups excluding carboxylic acids is 2. The number of ketones is 1. The Labute approximate surface area is 215 Å². The van der Waals surface area contributed by atoms with Crippen LogP contribution in [0.3, 0.4) is 0 Å². The Morgan fingerprint density at radius 3 is 2.42 bits per heavy atom. The number of carbonyl (C=O) groups is 3. The fraction of sp³-hybridized carbons (Fsp3) is 0.346. The Bertz CT molecular complexity index is 1280. The van der Waals surface area contributed by atoms with Crippen molar-refractivity contribution in [2.45, 2.75) is 32.1 Å². The normalized spacial score (nSPS) is 14.2. The zero-order chi connectivity index (χ0) is 25.8. The second-order valence-electron chi connectivity index (χ2n) is 8.84. The van der Waals surface area contributed by atoms with Crippen LogP contribution in [0.15, 0.2) is 36.4 Å². The van der Waals surface area contributed by atoms with Gasteiger partial charge in [-0.15, -0.1) is 11.3 Å². The van der Waals surface area contributed by atoms with Gasteiger partial charge in [0.2, 0.25) is 0 Å². The first-order valence-corrected chi connectivity index (χ1v) is 12.9. The number of piperidine rings is 1. The van der Waals surface area contributed by atoms with Crippen molar-refractivity contribution in [2.75, 3.05) is 24.5 Å². The molecule has 6 nitrogen and oxygen atoms in total. The van der Waals surface area contributed by atoms with Crippen LogP contribution in [0.1, 0.15) is 52.1 Å². The van der Waals surface area contributed by atoms with Gasteiger partial charge in [0.25, 0.3) is 5.91 Å². The summed E-state index contributed by atoms with van der Waals surface area (Å²) in [6.45, 7) is 0.911. The minimum Gasteiger partial charge on any atom is -0.481 e. The molecule has 1 saturated heterocycles. The fourth-order valence-corrected chi connectivity index (χ4v) is 5.91. The van der Waals surface area contributed by atoms with Gasteiger partial charge in [-0.2, -0.15) is 0 Å². The molecule has 2 aromatic carbocycles. The number of carboxylic acid groups (broad SMARTS) is 1. The van der Waals surface area contributed by atoms with Gasteiger partial charge in [-0.1, -0.05) is 29.8 Å². The zero-order valence-electron chi connectivity index (χ0n) is 19.4. The van der Waals surface area contributed by atoms with Crippen LogP contribution < -0.4 is 10.2 Å². The summed E-state index contributed by atoms with van der Waals surface area (Å²) < 4.78 is 30.5. The van der Waals surface area contributed by atoms with E-state index in [0.29, 0.717) is 42.3 Å². The van der Waals surface area contributed by atoms with E-state index in [-0.39, 0.29) is 42.5 Å². The third kappa shape index (κ3) is 5.84. The highest BCUT2D eigenvalue weighted by Crippen LogP contribution is 2.35. The summed E-state index contributed by atoms with van der Waals surface area (Å²) in [6.07, 6.45) is 1.42. The number of benzene rings is 2. The van der Waals surface area contributed by atoms with Crippen LogP contribution in [0, 0.1) is 17.6 Å². The summed E-state index contributed by atoms with van der Waals surface area (Å²) in [5, 5.41) is 12.9. The summed E-state index contributed by atoms with van der Waals surface area (Å²) in [6, 6.07) is 9.52. The molecule has 0 bridgehead atoms. The number of rotatable bonds is 9. The minimum atomic E-state index is -0.878. The van der Waals surface area contributed by atoms with Crippen molar-refractivity contribution >= 4 is 56.4 Å². The topological polar surface area (TPSA) is 86.7 Å². The highest BCUT2D eigenvalue weighted by atomic mass is 35.5. The van der Waals surface area contributed by atoms with E-state index < -0.39 is 23.4 Å². The smallest absolute Gasteiger partial charge is 0.303 e. The zero-order valence-corrected chi connectivity index (χ0v) is 20.9. The molecule has 1 aromatic heterocycles. The van der Waals surface area contributed by atoms with E-state index >= 15 is 0 Å². The van der Waals surface area contributed by atoms with Gasteiger partial charge >= 0.3 is 5.97 Å². The van der Waals surface area contributed by atoms with Crippen LogP contribution in [0.4, 0.5) is 14.5 Å². The van der Waals surface area contributed by atoms with Gasteiger partial charge in [0.15, 0.2) is 5.78 Å². The molecule has 1 fully saturated rings. The molecule has 0 radical (unpaired) electrons. The number of Topliss-reactive ketones (excluding diaryl/α,β-unsaturated/α-hetero) is 1. The molecule has 2 N–H and O–H groups in total. The number of anilines is 1. The molecule has 36 heavy (non-hydrogen) atoms. The van der Waals surface area contributed by atoms with Crippen molar-refractivity contribution in [3.8, 4) is 0 Å². The van der Waals surface area contributed by atoms with Gasteiger partial charge < -0.3 is 15.3 Å². The highest BCUT2D eigenvalue weighted by molar-refractivity contribution is 7.21. The van der Waals surface area contributed by atoms with Gasteiger partial charge in [0.05, 0.1) is 5.02 Å². The predicted octanol–water partition coefficient (Wildman–Crippen LogP) is 5.92. The van der Waals surface area contributed by atoms with Crippen LogP contribution in [-0.2, 0) is 4.79 Å². The van der Waals surface area contributed by atoms with Crippen molar-refractivity contribution in [2.24, 2.45) is 5.92 Å². The average molecular weight is 535 g/mol. The minimum absolute atomic E-state index is 0.0129. The van der Waals surface area contributed by atoms with E-state index in [4.69, 9.17) is 16.7 Å². The first kappa shape index (κ1) is 26.0. The monoisotopic (exact) mass is 534 g/mol. The number of thiophene rings is 1. The van der Waals surface area contributed by atoms with Crippen molar-refractivity contribution in [3.05, 3.63) is 63.5 Å². The maximum Gasteiger partial charge on any atom is 0.303 e. The van der Waals surface area contributed by atoms with E-state index in [1.165, 1.54) is 11.3 Å². The lowest BCUT2D eigenvalue weighted by atomic mass is 9.93. The molecule has 1 amide bonds. The summed E-state index contributed by atoms with van der Waals surface area (Å²) in [7, 11) is 0. The van der Waals surface area contributed by atoms with E-state index in [2.05, 4.69) is 5.32 Å². The van der Waals surface area contributed by atoms with Crippen LogP contribution in [-0.4, -0.2) is 42.4 Å². The number of carboxylic acids is 1. The summed E-state index contributed by atoms with van der Waals surface area (Å²) in [4.78, 5) is 37.9. The molecule has 0 saturated carbocycles. The van der Waals surface area contributed by atoms with Gasteiger partial charge in [0, 0.05) is 48.1 Å².